The molecule has 0 bridgehead atoms. The highest BCUT2D eigenvalue weighted by atomic mass is 16.4. The molecule has 2 rings (SSSR count). The molecule has 0 aliphatic heterocycles. The van der Waals surface area contributed by atoms with Gasteiger partial charge >= 0.3 is 5.97 Å². The van der Waals surface area contributed by atoms with Gasteiger partial charge in [-0.25, -0.2) is 0 Å². The number of hydrogen-bond acceptors (Lipinski definition) is 3. The van der Waals surface area contributed by atoms with Gasteiger partial charge in [-0.15, -0.1) is 0 Å². The second kappa shape index (κ2) is 8.73. The summed E-state index contributed by atoms with van der Waals surface area (Å²) in [5, 5.41) is 19.5. The lowest BCUT2D eigenvalue weighted by molar-refractivity contribution is -0.134. The molecule has 4 heteroatoms. The van der Waals surface area contributed by atoms with Crippen LogP contribution in [0.1, 0.15) is 31.9 Å². The molecule has 0 aromatic heterocycles. The minimum atomic E-state index is -0.927. The summed E-state index contributed by atoms with van der Waals surface area (Å²) in [4.78, 5) is 10.7. The van der Waals surface area contributed by atoms with Crippen molar-refractivity contribution in [2.75, 3.05) is 11.9 Å². The van der Waals surface area contributed by atoms with Crippen molar-refractivity contribution in [3.8, 4) is 11.1 Å². The fourth-order valence-corrected chi connectivity index (χ4v) is 2.11. The minimum absolute atomic E-state index is 0.169. The van der Waals surface area contributed by atoms with E-state index in [1.165, 1.54) is 5.56 Å². The van der Waals surface area contributed by atoms with E-state index in [1.807, 2.05) is 63.2 Å². The largest absolute Gasteiger partial charge is 0.480 e. The van der Waals surface area contributed by atoms with Crippen LogP contribution in [0.3, 0.4) is 0 Å². The summed E-state index contributed by atoms with van der Waals surface area (Å²) in [5.41, 5.74) is 5.03. The summed E-state index contributed by atoms with van der Waals surface area (Å²) in [6.07, 6.45) is 0. The Morgan fingerprint density at radius 1 is 1.09 bits per heavy atom. The van der Waals surface area contributed by atoms with Gasteiger partial charge in [-0.3, -0.25) is 4.79 Å². The third-order valence-corrected chi connectivity index (χ3v) is 3.24. The van der Waals surface area contributed by atoms with Crippen LogP contribution >= 0.6 is 0 Å². The molecule has 122 valence electrons. The van der Waals surface area contributed by atoms with Crippen molar-refractivity contribution in [1.82, 2.24) is 0 Å². The Morgan fingerprint density at radius 3 is 2.17 bits per heavy atom. The molecule has 0 saturated heterocycles. The van der Waals surface area contributed by atoms with Gasteiger partial charge in [-0.05, 0) is 31.0 Å². The second-order valence-corrected chi connectivity index (χ2v) is 5.00. The molecule has 0 atom stereocenters. The second-order valence-electron chi connectivity index (χ2n) is 5.00. The summed E-state index contributed by atoms with van der Waals surface area (Å²) in [6, 6.07) is 13.8. The van der Waals surface area contributed by atoms with Gasteiger partial charge < -0.3 is 15.8 Å². The molecule has 0 saturated carbocycles. The molecule has 4 nitrogen and oxygen atoms in total. The molecule has 0 spiro atoms. The molecule has 0 radical (unpaired) electrons. The van der Waals surface area contributed by atoms with E-state index in [9.17, 15) is 4.79 Å². The van der Waals surface area contributed by atoms with Crippen molar-refractivity contribution in [2.45, 2.75) is 27.7 Å². The molecule has 3 N–H and O–H groups in total. The zero-order chi connectivity index (χ0) is 17.4. The van der Waals surface area contributed by atoms with Crippen LogP contribution in [0.4, 0.5) is 5.69 Å². The van der Waals surface area contributed by atoms with Crippen LogP contribution in [0.15, 0.2) is 42.5 Å². The van der Waals surface area contributed by atoms with Gasteiger partial charge in [0.2, 0.25) is 0 Å². The average Bonchev–Trinajstić information content (AvgIpc) is 2.55. The highest BCUT2D eigenvalue weighted by molar-refractivity contribution is 6.02. The van der Waals surface area contributed by atoms with Crippen LogP contribution in [0, 0.1) is 12.3 Å². The maximum absolute atomic E-state index is 10.7. The number of nitrogens with one attached hydrogen (secondary N) is 2. The van der Waals surface area contributed by atoms with E-state index in [1.54, 1.807) is 6.92 Å². The predicted molar refractivity (Wildman–Crippen MR) is 96.6 cm³/mol. The van der Waals surface area contributed by atoms with Gasteiger partial charge in [0.15, 0.2) is 0 Å². The van der Waals surface area contributed by atoms with E-state index in [2.05, 4.69) is 5.32 Å². The maximum atomic E-state index is 10.7. The first-order valence-corrected chi connectivity index (χ1v) is 7.69. The molecule has 2 aromatic carbocycles. The van der Waals surface area contributed by atoms with Crippen molar-refractivity contribution in [3.05, 3.63) is 53.6 Å². The Hall–Kier alpha value is -2.62. The Bertz CT molecular complexity index is 676. The Labute approximate surface area is 137 Å². The lowest BCUT2D eigenvalue weighted by atomic mass is 9.99. The van der Waals surface area contributed by atoms with Crippen molar-refractivity contribution < 1.29 is 9.90 Å². The van der Waals surface area contributed by atoms with Crippen LogP contribution in [0.25, 0.3) is 11.1 Å². The molecule has 0 heterocycles. The van der Waals surface area contributed by atoms with Crippen molar-refractivity contribution in [3.63, 3.8) is 0 Å². The number of anilines is 1. The van der Waals surface area contributed by atoms with E-state index in [0.29, 0.717) is 17.0 Å². The molecule has 0 aliphatic carbocycles. The van der Waals surface area contributed by atoms with Gasteiger partial charge in [0, 0.05) is 17.0 Å². The third-order valence-electron chi connectivity index (χ3n) is 3.24. The number of carbonyl (C=O) groups is 1. The van der Waals surface area contributed by atoms with Gasteiger partial charge in [-0.2, -0.15) is 0 Å². The van der Waals surface area contributed by atoms with E-state index >= 15 is 0 Å². The molecule has 0 aliphatic rings. The molecular weight excluding hydrogens is 288 g/mol. The molecule has 23 heavy (non-hydrogen) atoms. The average molecular weight is 312 g/mol. The number of carboxylic acid groups (broad SMARTS) is 1. The van der Waals surface area contributed by atoms with Crippen molar-refractivity contribution in [1.29, 1.82) is 5.41 Å². The molecule has 0 unspecified atom stereocenters. The number of hydrogen-bond donors (Lipinski definition) is 3. The van der Waals surface area contributed by atoms with Gasteiger partial charge in [-0.1, -0.05) is 55.8 Å². The first-order valence-electron chi connectivity index (χ1n) is 7.69. The molecule has 0 amide bonds. The smallest absolute Gasteiger partial charge is 0.322 e. The zero-order valence-corrected chi connectivity index (χ0v) is 14.1. The van der Waals surface area contributed by atoms with Gasteiger partial charge in [0.1, 0.15) is 6.54 Å². The van der Waals surface area contributed by atoms with E-state index in [4.69, 9.17) is 10.5 Å². The Kier molecular flexibility index (Phi) is 7.00. The van der Waals surface area contributed by atoms with Crippen LogP contribution in [-0.4, -0.2) is 23.3 Å². The Balaban J connectivity index is 0.00000127. The summed E-state index contributed by atoms with van der Waals surface area (Å²) in [6.45, 7) is 7.55. The fourth-order valence-electron chi connectivity index (χ4n) is 2.11. The topological polar surface area (TPSA) is 73.2 Å². The third kappa shape index (κ3) is 5.25. The molecule has 2 aromatic rings. The van der Waals surface area contributed by atoms with E-state index in [-0.39, 0.29) is 6.54 Å². The standard InChI is InChI=1S/C17H18N2O2.C2H6/c1-11-3-5-13(6-4-11)14-7-8-15(12(2)18)16(9-14)19-10-17(20)21;1-2/h3-9,18-19H,10H2,1-2H3,(H,20,21);1-2H3. The predicted octanol–water partition coefficient (Wildman–Crippen LogP) is 4.57. The fraction of sp³-hybridized carbons (Fsp3) is 0.263. The SMILES string of the molecule is CC.CC(=N)c1ccc(-c2ccc(C)cc2)cc1NCC(=O)O. The van der Waals surface area contributed by atoms with Crippen LogP contribution in [-0.2, 0) is 4.79 Å². The summed E-state index contributed by atoms with van der Waals surface area (Å²) < 4.78 is 0. The summed E-state index contributed by atoms with van der Waals surface area (Å²) in [5.74, 6) is -0.927. The van der Waals surface area contributed by atoms with E-state index < -0.39 is 5.97 Å². The minimum Gasteiger partial charge on any atom is -0.480 e. The number of benzene rings is 2. The Morgan fingerprint density at radius 2 is 1.65 bits per heavy atom. The number of aliphatic carboxylic acids is 1. The number of aryl methyl sites for hydroxylation is 1. The zero-order valence-electron chi connectivity index (χ0n) is 14.1. The number of rotatable bonds is 5. The van der Waals surface area contributed by atoms with Crippen molar-refractivity contribution in [2.24, 2.45) is 0 Å². The van der Waals surface area contributed by atoms with E-state index in [0.717, 1.165) is 11.1 Å². The first kappa shape index (κ1) is 18.4. The number of carboxylic acids is 1. The monoisotopic (exact) mass is 312 g/mol. The van der Waals surface area contributed by atoms with Crippen molar-refractivity contribution >= 4 is 17.4 Å². The first-order chi connectivity index (χ1) is 11.0. The van der Waals surface area contributed by atoms with Gasteiger partial charge in [0.05, 0.1) is 0 Å². The molecule has 0 fully saturated rings. The van der Waals surface area contributed by atoms with Gasteiger partial charge in [0.25, 0.3) is 0 Å². The van der Waals surface area contributed by atoms with Crippen LogP contribution < -0.4 is 5.32 Å². The lowest BCUT2D eigenvalue weighted by Crippen LogP contribution is -2.14. The van der Waals surface area contributed by atoms with Crippen LogP contribution in [0.5, 0.6) is 0 Å². The highest BCUT2D eigenvalue weighted by Gasteiger charge is 2.08. The maximum Gasteiger partial charge on any atom is 0.322 e. The van der Waals surface area contributed by atoms with Crippen LogP contribution in [0.2, 0.25) is 0 Å². The normalized spacial score (nSPS) is 9.57. The highest BCUT2D eigenvalue weighted by Crippen LogP contribution is 2.26. The molecular formula is C19H24N2O2. The summed E-state index contributed by atoms with van der Waals surface area (Å²) in [7, 11) is 0. The summed E-state index contributed by atoms with van der Waals surface area (Å²) >= 11 is 0. The quantitative estimate of drug-likeness (QED) is 0.708. The lowest BCUT2D eigenvalue weighted by Gasteiger charge is -2.12.